The summed E-state index contributed by atoms with van der Waals surface area (Å²) in [5.74, 6) is 0.769. The van der Waals surface area contributed by atoms with Crippen molar-refractivity contribution in [3.05, 3.63) is 73.0 Å². The number of nitrogens with one attached hydrogen (secondary N) is 2. The number of rotatable bonds is 3. The van der Waals surface area contributed by atoms with Gasteiger partial charge in [-0.25, -0.2) is 4.79 Å². The molecule has 0 bridgehead atoms. The Labute approximate surface area is 193 Å². The fraction of sp³-hybridized carbons (Fsp3) is 0.261. The molecule has 5 rings (SSSR count). The van der Waals surface area contributed by atoms with Crippen molar-refractivity contribution >= 4 is 28.3 Å². The second-order valence-electron chi connectivity index (χ2n) is 8.79. The number of hydrogen-bond donors (Lipinski definition) is 3. The van der Waals surface area contributed by atoms with E-state index in [1.807, 2.05) is 25.1 Å². The molecule has 170 valence electrons. The van der Waals surface area contributed by atoms with Crippen molar-refractivity contribution in [2.45, 2.75) is 32.8 Å². The van der Waals surface area contributed by atoms with Gasteiger partial charge < -0.3 is 20.2 Å². The number of aryl methyl sites for hydroxylation is 1. The monoisotopic (exact) mass is 467 g/mol. The number of anilines is 1. The molecule has 2 aromatic carbocycles. The number of nitrogens with zero attached hydrogens (tertiary/aromatic N) is 2. The molecule has 1 aliphatic rings. The zero-order valence-corrected chi connectivity index (χ0v) is 19.0. The van der Waals surface area contributed by atoms with Gasteiger partial charge in [-0.15, -0.1) is 5.10 Å². The van der Waals surface area contributed by atoms with Crippen LogP contribution in [0.25, 0.3) is 16.6 Å². The number of ether oxygens (including phenoxy) is 2. The summed E-state index contributed by atoms with van der Waals surface area (Å²) >= 11 is 6.52. The normalized spacial score (nSPS) is 14.9. The first-order valence-corrected chi connectivity index (χ1v) is 10.7. The Morgan fingerprint density at radius 1 is 1.21 bits per heavy atom. The summed E-state index contributed by atoms with van der Waals surface area (Å²) in [5, 5.41) is 5.22. The van der Waals surface area contributed by atoms with E-state index >= 15 is 0 Å². The van der Waals surface area contributed by atoms with Crippen LogP contribution < -0.4 is 21.7 Å². The number of fused-ring (bicyclic) bond motifs is 3. The summed E-state index contributed by atoms with van der Waals surface area (Å²) in [6.45, 7) is 7.32. The number of nitrogen functional groups attached to an aromatic ring is 1. The largest absolute Gasteiger partial charge is 0.456 e. The minimum Gasteiger partial charge on any atom is -0.456 e. The molecule has 4 N–H and O–H groups in total. The molecule has 0 aliphatic carbocycles. The van der Waals surface area contributed by atoms with Gasteiger partial charge in [0.1, 0.15) is 11.5 Å². The highest BCUT2D eigenvalue weighted by molar-refractivity contribution is 6.32. The quantitative estimate of drug-likeness (QED) is 0.422. The van der Waals surface area contributed by atoms with E-state index in [1.165, 1.54) is 11.6 Å². The third-order valence-corrected chi connectivity index (χ3v) is 6.05. The maximum atomic E-state index is 12.2. The summed E-state index contributed by atoms with van der Waals surface area (Å²) in [5.41, 5.74) is 8.34. The van der Waals surface area contributed by atoms with E-state index < -0.39 is 11.2 Å². The molecule has 0 amide bonds. The van der Waals surface area contributed by atoms with Crippen LogP contribution in [0.4, 0.5) is 5.82 Å². The minimum absolute atomic E-state index is 0.127. The second kappa shape index (κ2) is 7.50. The Balaban J connectivity index is 1.54. The Hall–Kier alpha value is -3.56. The first-order valence-electron chi connectivity index (χ1n) is 10.3. The average Bonchev–Trinajstić information content (AvgIpc) is 3.12. The fourth-order valence-corrected chi connectivity index (χ4v) is 4.62. The predicted molar refractivity (Wildman–Crippen MR) is 126 cm³/mol. The van der Waals surface area contributed by atoms with Crippen LogP contribution >= 0.6 is 11.6 Å². The zero-order chi connectivity index (χ0) is 23.5. The van der Waals surface area contributed by atoms with Gasteiger partial charge in [0.2, 0.25) is 5.82 Å². The van der Waals surface area contributed by atoms with E-state index in [0.29, 0.717) is 36.0 Å². The van der Waals surface area contributed by atoms with E-state index in [9.17, 15) is 9.59 Å². The summed E-state index contributed by atoms with van der Waals surface area (Å²) in [6.07, 6.45) is 0. The molecule has 0 fully saturated rings. The van der Waals surface area contributed by atoms with Crippen LogP contribution in [0.15, 0.2) is 39.9 Å². The molecule has 10 heteroatoms. The Kier molecular flexibility index (Phi) is 4.84. The second-order valence-corrected chi connectivity index (χ2v) is 9.20. The van der Waals surface area contributed by atoms with Crippen molar-refractivity contribution in [3.8, 4) is 17.2 Å². The van der Waals surface area contributed by atoms with Crippen LogP contribution in [-0.4, -0.2) is 26.4 Å². The van der Waals surface area contributed by atoms with Gasteiger partial charge in [-0.1, -0.05) is 25.4 Å². The maximum absolute atomic E-state index is 12.2. The molecule has 3 heterocycles. The number of aromatic nitrogens is 4. The molecule has 0 saturated heterocycles. The maximum Gasteiger partial charge on any atom is 0.349 e. The van der Waals surface area contributed by atoms with Gasteiger partial charge >= 0.3 is 5.69 Å². The van der Waals surface area contributed by atoms with E-state index in [1.54, 1.807) is 6.07 Å². The molecule has 0 saturated carbocycles. The van der Waals surface area contributed by atoms with Gasteiger partial charge in [0, 0.05) is 22.0 Å². The topological polar surface area (TPSA) is 128 Å². The van der Waals surface area contributed by atoms with Crippen LogP contribution in [0.5, 0.6) is 11.5 Å². The number of nitrogens with two attached hydrogens (primary N) is 1. The lowest BCUT2D eigenvalue weighted by atomic mass is 9.82. The number of benzene rings is 2. The van der Waals surface area contributed by atoms with Gasteiger partial charge in [-0.3, -0.25) is 9.78 Å². The molecule has 0 radical (unpaired) electrons. The summed E-state index contributed by atoms with van der Waals surface area (Å²) < 4.78 is 12.9. The molecule has 4 aromatic rings. The highest BCUT2D eigenvalue weighted by Crippen LogP contribution is 2.40. The van der Waals surface area contributed by atoms with Crippen molar-refractivity contribution in [1.82, 2.24) is 19.7 Å². The van der Waals surface area contributed by atoms with Crippen molar-refractivity contribution < 1.29 is 9.47 Å². The highest BCUT2D eigenvalue weighted by Gasteiger charge is 2.32. The molecule has 1 aliphatic heterocycles. The van der Waals surface area contributed by atoms with Gasteiger partial charge in [-0.2, -0.15) is 4.68 Å². The highest BCUT2D eigenvalue weighted by atomic mass is 35.5. The Bertz CT molecular complexity index is 1510. The van der Waals surface area contributed by atoms with Crippen LogP contribution in [0.3, 0.4) is 0 Å². The lowest BCUT2D eigenvalue weighted by molar-refractivity contribution is 0.0630. The minimum atomic E-state index is -0.740. The predicted octanol–water partition coefficient (Wildman–Crippen LogP) is 3.55. The number of halogens is 1. The third kappa shape index (κ3) is 3.59. The van der Waals surface area contributed by atoms with E-state index in [0.717, 1.165) is 21.3 Å². The SMILES string of the molecule is Cc1cc(-n2nc(N)c(=O)[nH]c2=O)cc(Cl)c1Oc1ccc2[nH]c3c(c2c1)C(C)(C)COC3. The molecule has 2 aromatic heterocycles. The van der Waals surface area contributed by atoms with Gasteiger partial charge in [0.05, 0.1) is 23.9 Å². The fourth-order valence-electron chi connectivity index (χ4n) is 4.32. The van der Waals surface area contributed by atoms with E-state index in [-0.39, 0.29) is 16.3 Å². The molecule has 9 nitrogen and oxygen atoms in total. The van der Waals surface area contributed by atoms with Crippen molar-refractivity contribution in [1.29, 1.82) is 0 Å². The first kappa shape index (κ1) is 21.3. The van der Waals surface area contributed by atoms with Gasteiger partial charge in [0.25, 0.3) is 5.56 Å². The number of hydrogen-bond acceptors (Lipinski definition) is 6. The van der Waals surface area contributed by atoms with Crippen molar-refractivity contribution in [2.24, 2.45) is 0 Å². The van der Waals surface area contributed by atoms with Gasteiger partial charge in [-0.05, 0) is 48.4 Å². The zero-order valence-electron chi connectivity index (χ0n) is 18.3. The van der Waals surface area contributed by atoms with Crippen LogP contribution in [0.1, 0.15) is 30.7 Å². The van der Waals surface area contributed by atoms with Crippen LogP contribution in [0, 0.1) is 6.92 Å². The lowest BCUT2D eigenvalue weighted by Crippen LogP contribution is -2.33. The van der Waals surface area contributed by atoms with Crippen molar-refractivity contribution in [2.75, 3.05) is 12.3 Å². The molecule has 0 atom stereocenters. The van der Waals surface area contributed by atoms with E-state index in [4.69, 9.17) is 26.8 Å². The molecule has 33 heavy (non-hydrogen) atoms. The average molecular weight is 468 g/mol. The molecular formula is C23H22ClN5O4. The van der Waals surface area contributed by atoms with Gasteiger partial charge in [0.15, 0.2) is 0 Å². The smallest absolute Gasteiger partial charge is 0.349 e. The molecular weight excluding hydrogens is 446 g/mol. The number of aromatic amines is 2. The molecule has 0 spiro atoms. The first-order chi connectivity index (χ1) is 15.6. The standard InChI is InChI=1S/C23H22ClN5O4/c1-11-6-12(29-22(31)27-21(30)20(25)28-29)7-15(24)19(11)33-13-4-5-16-14(8-13)18-17(26-16)9-32-10-23(18,2)3/h4-8,26H,9-10H2,1-3H3,(H2,25,28)(H,27,30,31). The summed E-state index contributed by atoms with van der Waals surface area (Å²) in [7, 11) is 0. The Morgan fingerprint density at radius 2 is 2.00 bits per heavy atom. The Morgan fingerprint density at radius 3 is 2.76 bits per heavy atom. The summed E-state index contributed by atoms with van der Waals surface area (Å²) in [6, 6.07) is 9.06. The van der Waals surface area contributed by atoms with E-state index in [2.05, 4.69) is 28.9 Å². The summed E-state index contributed by atoms with van der Waals surface area (Å²) in [4.78, 5) is 29.2. The number of H-pyrrole nitrogens is 2. The van der Waals surface area contributed by atoms with Crippen LogP contribution in [-0.2, 0) is 16.8 Å². The van der Waals surface area contributed by atoms with Crippen molar-refractivity contribution in [3.63, 3.8) is 0 Å². The molecule has 0 unspecified atom stereocenters. The lowest BCUT2D eigenvalue weighted by Gasteiger charge is -2.30. The van der Waals surface area contributed by atoms with Crippen LogP contribution in [0.2, 0.25) is 5.02 Å². The third-order valence-electron chi connectivity index (χ3n) is 5.77.